The molecule has 7 nitrogen and oxygen atoms in total. The number of pyridine rings is 1. The number of halogens is 1. The van der Waals surface area contributed by atoms with E-state index in [2.05, 4.69) is 15.6 Å². The average molecular weight is 444 g/mol. The molecule has 3 aromatic rings. The summed E-state index contributed by atoms with van der Waals surface area (Å²) in [7, 11) is -3.42. The van der Waals surface area contributed by atoms with Gasteiger partial charge in [0.1, 0.15) is 5.15 Å². The van der Waals surface area contributed by atoms with Crippen molar-refractivity contribution in [1.82, 2.24) is 4.98 Å². The number of nitrogens with one attached hydrogen (secondary N) is 2. The molecule has 1 aromatic heterocycles. The quantitative estimate of drug-likeness (QED) is 0.581. The molecule has 0 saturated carbocycles. The van der Waals surface area contributed by atoms with Gasteiger partial charge >= 0.3 is 0 Å². The summed E-state index contributed by atoms with van der Waals surface area (Å²) in [6.07, 6.45) is 2.53. The van der Waals surface area contributed by atoms with Crippen molar-refractivity contribution in [3.8, 4) is 0 Å². The van der Waals surface area contributed by atoms with Crippen LogP contribution in [0.15, 0.2) is 65.7 Å². The van der Waals surface area contributed by atoms with E-state index in [1.165, 1.54) is 36.5 Å². The maximum Gasteiger partial charge on any atom is 0.255 e. The van der Waals surface area contributed by atoms with Gasteiger partial charge in [0.25, 0.3) is 11.8 Å². The molecular formula is C21H18ClN3O4S. The minimum Gasteiger partial charge on any atom is -0.322 e. The fourth-order valence-electron chi connectivity index (χ4n) is 2.69. The van der Waals surface area contributed by atoms with Gasteiger partial charge in [-0.05, 0) is 61.0 Å². The summed E-state index contributed by atoms with van der Waals surface area (Å²) >= 11 is 5.81. The first-order valence-electron chi connectivity index (χ1n) is 8.78. The Morgan fingerprint density at radius 1 is 0.933 bits per heavy atom. The van der Waals surface area contributed by atoms with E-state index in [1.54, 1.807) is 31.2 Å². The Kier molecular flexibility index (Phi) is 6.19. The number of hydrogen-bond donors (Lipinski definition) is 2. The Morgan fingerprint density at radius 2 is 1.63 bits per heavy atom. The fourth-order valence-corrected chi connectivity index (χ4v) is 3.53. The molecule has 0 spiro atoms. The van der Waals surface area contributed by atoms with E-state index >= 15 is 0 Å². The van der Waals surface area contributed by atoms with Crippen molar-refractivity contribution >= 4 is 44.6 Å². The van der Waals surface area contributed by atoms with Gasteiger partial charge in [-0.15, -0.1) is 0 Å². The fraction of sp³-hybridized carbons (Fsp3) is 0.0952. The molecule has 2 aromatic carbocycles. The van der Waals surface area contributed by atoms with Crippen LogP contribution in [-0.2, 0) is 9.84 Å². The second-order valence-corrected chi connectivity index (χ2v) is 9.01. The van der Waals surface area contributed by atoms with Crippen LogP contribution in [0.25, 0.3) is 0 Å². The molecule has 2 amide bonds. The van der Waals surface area contributed by atoms with Gasteiger partial charge in [-0.3, -0.25) is 9.59 Å². The highest BCUT2D eigenvalue weighted by atomic mass is 35.5. The minimum absolute atomic E-state index is 0.0705. The summed E-state index contributed by atoms with van der Waals surface area (Å²) in [4.78, 5) is 28.8. The maximum atomic E-state index is 12.5. The number of hydrogen-bond acceptors (Lipinski definition) is 5. The van der Waals surface area contributed by atoms with E-state index in [0.29, 0.717) is 22.5 Å². The third kappa shape index (κ3) is 5.22. The first-order valence-corrected chi connectivity index (χ1v) is 11.1. The molecule has 9 heteroatoms. The molecule has 0 radical (unpaired) electrons. The topological polar surface area (TPSA) is 105 Å². The average Bonchev–Trinajstić information content (AvgIpc) is 2.69. The lowest BCUT2D eigenvalue weighted by atomic mass is 10.1. The normalized spacial score (nSPS) is 11.0. The molecule has 0 aliphatic rings. The molecule has 3 rings (SSSR count). The highest BCUT2D eigenvalue weighted by Gasteiger charge is 2.13. The van der Waals surface area contributed by atoms with Crippen LogP contribution in [-0.4, -0.2) is 31.5 Å². The molecule has 0 aliphatic carbocycles. The molecule has 0 saturated heterocycles. The van der Waals surface area contributed by atoms with Crippen LogP contribution in [0.3, 0.4) is 0 Å². The van der Waals surface area contributed by atoms with E-state index in [1.807, 2.05) is 0 Å². The van der Waals surface area contributed by atoms with E-state index in [4.69, 9.17) is 11.6 Å². The first kappa shape index (κ1) is 21.5. The predicted molar refractivity (Wildman–Crippen MR) is 116 cm³/mol. The van der Waals surface area contributed by atoms with Crippen LogP contribution in [0.1, 0.15) is 26.3 Å². The highest BCUT2D eigenvalue weighted by Crippen LogP contribution is 2.22. The van der Waals surface area contributed by atoms with E-state index in [0.717, 1.165) is 6.26 Å². The number of anilines is 2. The summed E-state index contributed by atoms with van der Waals surface area (Å²) in [5.74, 6) is -0.778. The highest BCUT2D eigenvalue weighted by molar-refractivity contribution is 7.90. The van der Waals surface area contributed by atoms with Gasteiger partial charge in [0, 0.05) is 35.0 Å². The van der Waals surface area contributed by atoms with Gasteiger partial charge < -0.3 is 10.6 Å². The Labute approximate surface area is 179 Å². The molecular weight excluding hydrogens is 426 g/mol. The Balaban J connectivity index is 1.74. The second-order valence-electron chi connectivity index (χ2n) is 6.61. The van der Waals surface area contributed by atoms with Crippen LogP contribution >= 0.6 is 11.6 Å². The smallest absolute Gasteiger partial charge is 0.255 e. The Hall–Kier alpha value is -3.23. The first-order chi connectivity index (χ1) is 14.1. The van der Waals surface area contributed by atoms with Crippen LogP contribution in [0.4, 0.5) is 11.4 Å². The summed E-state index contributed by atoms with van der Waals surface area (Å²) in [5, 5.41) is 5.73. The van der Waals surface area contributed by atoms with Crippen molar-refractivity contribution in [2.45, 2.75) is 11.8 Å². The number of rotatable bonds is 5. The molecule has 154 valence electrons. The van der Waals surface area contributed by atoms with Crippen molar-refractivity contribution in [3.05, 3.63) is 82.6 Å². The number of sulfone groups is 1. The van der Waals surface area contributed by atoms with Crippen molar-refractivity contribution in [2.75, 3.05) is 16.9 Å². The maximum absolute atomic E-state index is 12.5. The zero-order valence-electron chi connectivity index (χ0n) is 16.1. The molecule has 0 atom stereocenters. The summed E-state index contributed by atoms with van der Waals surface area (Å²) in [5.41, 5.74) is 2.39. The van der Waals surface area contributed by atoms with Gasteiger partial charge in [-0.1, -0.05) is 17.7 Å². The van der Waals surface area contributed by atoms with Crippen LogP contribution in [0.2, 0.25) is 5.15 Å². The van der Waals surface area contributed by atoms with Crippen LogP contribution < -0.4 is 10.6 Å². The van der Waals surface area contributed by atoms with Gasteiger partial charge in [-0.2, -0.15) is 0 Å². The van der Waals surface area contributed by atoms with Crippen molar-refractivity contribution in [2.24, 2.45) is 0 Å². The summed E-state index contributed by atoms with van der Waals surface area (Å²) in [6, 6.07) is 13.8. The van der Waals surface area contributed by atoms with Crippen molar-refractivity contribution in [3.63, 3.8) is 0 Å². The molecule has 0 unspecified atom stereocenters. The van der Waals surface area contributed by atoms with E-state index in [9.17, 15) is 18.0 Å². The number of carbonyl (C=O) groups is 2. The predicted octanol–water partition coefficient (Wildman–Crippen LogP) is 3.95. The number of aryl methyl sites for hydroxylation is 1. The van der Waals surface area contributed by atoms with Crippen molar-refractivity contribution < 1.29 is 18.0 Å². The summed E-state index contributed by atoms with van der Waals surface area (Å²) < 4.78 is 23.4. The minimum atomic E-state index is -3.42. The van der Waals surface area contributed by atoms with Crippen molar-refractivity contribution in [1.29, 1.82) is 0 Å². The number of carbonyl (C=O) groups excluding carboxylic acids is 2. The molecule has 1 heterocycles. The van der Waals surface area contributed by atoms with Crippen LogP contribution in [0, 0.1) is 6.92 Å². The third-order valence-corrected chi connectivity index (χ3v) is 5.56. The monoisotopic (exact) mass is 443 g/mol. The Morgan fingerprint density at radius 3 is 2.30 bits per heavy atom. The molecule has 0 fully saturated rings. The molecule has 2 N–H and O–H groups in total. The van der Waals surface area contributed by atoms with Gasteiger partial charge in [0.05, 0.1) is 4.90 Å². The zero-order chi connectivity index (χ0) is 21.9. The van der Waals surface area contributed by atoms with Gasteiger partial charge in [0.15, 0.2) is 9.84 Å². The number of aromatic nitrogens is 1. The lowest BCUT2D eigenvalue weighted by molar-refractivity contribution is 0.101. The molecule has 0 aliphatic heterocycles. The third-order valence-electron chi connectivity index (χ3n) is 4.25. The standard InChI is InChI=1S/C21H18ClN3O4S/c1-13-10-16(24-20(26)15-8-9-23-19(22)12-15)6-7-18(13)25-21(27)14-4-3-5-17(11-14)30(2,28)29/h3-12H,1-2H3,(H,24,26)(H,25,27). The second kappa shape index (κ2) is 8.64. The zero-order valence-corrected chi connectivity index (χ0v) is 17.7. The summed E-state index contributed by atoms with van der Waals surface area (Å²) in [6.45, 7) is 1.78. The number of benzene rings is 2. The number of amides is 2. The number of nitrogens with zero attached hydrogens (tertiary/aromatic N) is 1. The van der Waals surface area contributed by atoms with E-state index < -0.39 is 15.7 Å². The van der Waals surface area contributed by atoms with Gasteiger partial charge in [0.2, 0.25) is 0 Å². The lowest BCUT2D eigenvalue weighted by Crippen LogP contribution is -2.14. The molecule has 0 bridgehead atoms. The Bertz CT molecular complexity index is 1240. The SMILES string of the molecule is Cc1cc(NC(=O)c2ccnc(Cl)c2)ccc1NC(=O)c1cccc(S(C)(=O)=O)c1. The largest absolute Gasteiger partial charge is 0.322 e. The molecule has 30 heavy (non-hydrogen) atoms. The van der Waals surface area contributed by atoms with Crippen LogP contribution in [0.5, 0.6) is 0 Å². The van der Waals surface area contributed by atoms with E-state index in [-0.39, 0.29) is 21.5 Å². The lowest BCUT2D eigenvalue weighted by Gasteiger charge is -2.12. The van der Waals surface area contributed by atoms with Gasteiger partial charge in [-0.25, -0.2) is 13.4 Å².